The van der Waals surface area contributed by atoms with Crippen LogP contribution < -0.4 is 4.74 Å². The van der Waals surface area contributed by atoms with Gasteiger partial charge in [-0.25, -0.2) is 4.79 Å². The molecule has 0 unspecified atom stereocenters. The van der Waals surface area contributed by atoms with Crippen LogP contribution in [0, 0.1) is 0 Å². The Morgan fingerprint density at radius 2 is 2.15 bits per heavy atom. The van der Waals surface area contributed by atoms with Gasteiger partial charge in [0.25, 0.3) is 0 Å². The van der Waals surface area contributed by atoms with Gasteiger partial charge in [-0.05, 0) is 12.1 Å². The molecule has 0 saturated carbocycles. The second kappa shape index (κ2) is 2.90. The fourth-order valence-corrected chi connectivity index (χ4v) is 1.19. The molecule has 0 bridgehead atoms. The summed E-state index contributed by atoms with van der Waals surface area (Å²) in [6.07, 6.45) is 0. The van der Waals surface area contributed by atoms with Gasteiger partial charge in [0.15, 0.2) is 5.71 Å². The van der Waals surface area contributed by atoms with Gasteiger partial charge in [0.2, 0.25) is 0 Å². The van der Waals surface area contributed by atoms with Crippen molar-refractivity contribution in [3.8, 4) is 5.75 Å². The maximum atomic E-state index is 11.2. The number of ether oxygens (including phenoxy) is 1. The number of oxime groups is 1. The second-order valence-corrected chi connectivity index (χ2v) is 2.51. The fraction of sp³-hybridized carbons (Fsp3) is 0.111. The number of fused-ring (bicyclic) bond motifs is 1. The molecule has 0 N–H and O–H groups in total. The lowest BCUT2D eigenvalue weighted by Crippen LogP contribution is -2.12. The van der Waals surface area contributed by atoms with E-state index in [-0.39, 0.29) is 5.71 Å². The molecule has 13 heavy (non-hydrogen) atoms. The quantitative estimate of drug-likeness (QED) is 0.364. The Balaban J connectivity index is 2.53. The average Bonchev–Trinajstić information content (AvgIpc) is 2.44. The summed E-state index contributed by atoms with van der Waals surface area (Å²) in [6.45, 7) is 0. The van der Waals surface area contributed by atoms with Gasteiger partial charge in [0.1, 0.15) is 12.9 Å². The summed E-state index contributed by atoms with van der Waals surface area (Å²) in [5, 5.41) is 3.59. The van der Waals surface area contributed by atoms with E-state index in [2.05, 4.69) is 9.99 Å². The van der Waals surface area contributed by atoms with E-state index in [1.165, 1.54) is 7.11 Å². The van der Waals surface area contributed by atoms with Crippen molar-refractivity contribution in [2.24, 2.45) is 5.16 Å². The number of carbonyl (C=O) groups is 1. The molecular weight excluding hydrogens is 170 g/mol. The lowest BCUT2D eigenvalue weighted by molar-refractivity contribution is -0.126. The van der Waals surface area contributed by atoms with E-state index >= 15 is 0 Å². The fourth-order valence-electron chi connectivity index (χ4n) is 1.19. The van der Waals surface area contributed by atoms with E-state index in [1.807, 2.05) is 6.07 Å². The first kappa shape index (κ1) is 7.79. The molecule has 0 saturated heterocycles. The van der Waals surface area contributed by atoms with E-state index in [0.29, 0.717) is 11.3 Å². The number of hydrogen-bond donors (Lipinski definition) is 0. The highest BCUT2D eigenvalue weighted by atomic mass is 16.6. The highest BCUT2D eigenvalue weighted by Crippen LogP contribution is 2.25. The van der Waals surface area contributed by atoms with Gasteiger partial charge >= 0.3 is 5.97 Å². The average molecular weight is 177 g/mol. The van der Waals surface area contributed by atoms with Crippen LogP contribution in [0.3, 0.4) is 0 Å². The predicted octanol–water partition coefficient (Wildman–Crippen LogP) is 0.956. The van der Waals surface area contributed by atoms with E-state index < -0.39 is 5.97 Å². The molecule has 1 aliphatic heterocycles. The molecule has 1 heterocycles. The number of rotatable bonds is 1. The summed E-state index contributed by atoms with van der Waals surface area (Å²) < 4.78 is 4.92. The van der Waals surface area contributed by atoms with Crippen LogP contribution in [0.5, 0.6) is 5.75 Å². The van der Waals surface area contributed by atoms with Gasteiger partial charge in [-0.15, -0.1) is 0 Å². The van der Waals surface area contributed by atoms with Crippen LogP contribution in [-0.2, 0) is 9.63 Å². The third kappa shape index (κ3) is 1.16. The summed E-state index contributed by atoms with van der Waals surface area (Å²) >= 11 is 0. The molecule has 0 radical (unpaired) electrons. The Labute approximate surface area is 74.8 Å². The molecule has 0 amide bonds. The zero-order chi connectivity index (χ0) is 9.26. The maximum Gasteiger partial charge on any atom is 0.366 e. The standard InChI is InChI=1S/C9H7NO3/c1-12-10-8-6-4-2-3-5-7(6)13-9(8)11/h2-5H,1H3/b10-8+. The topological polar surface area (TPSA) is 47.9 Å². The summed E-state index contributed by atoms with van der Waals surface area (Å²) in [7, 11) is 1.39. The highest BCUT2D eigenvalue weighted by molar-refractivity contribution is 6.46. The molecule has 1 aromatic carbocycles. The molecule has 66 valence electrons. The Bertz CT molecular complexity index is 384. The SMILES string of the molecule is CO/N=C1/C(=O)Oc2ccccc21. The van der Waals surface area contributed by atoms with Crippen molar-refractivity contribution >= 4 is 11.7 Å². The van der Waals surface area contributed by atoms with Crippen LogP contribution in [0.25, 0.3) is 0 Å². The Morgan fingerprint density at radius 3 is 2.92 bits per heavy atom. The van der Waals surface area contributed by atoms with Crippen molar-refractivity contribution in [2.75, 3.05) is 7.11 Å². The Morgan fingerprint density at radius 1 is 1.38 bits per heavy atom. The molecular formula is C9H7NO3. The molecule has 0 aliphatic carbocycles. The van der Waals surface area contributed by atoms with E-state index in [0.717, 1.165) is 0 Å². The van der Waals surface area contributed by atoms with Gasteiger partial charge in [-0.3, -0.25) is 0 Å². The molecule has 1 aromatic rings. The summed E-state index contributed by atoms with van der Waals surface area (Å²) in [5.74, 6) is 0.0614. The Kier molecular flexibility index (Phi) is 1.73. The van der Waals surface area contributed by atoms with Crippen LogP contribution in [0.2, 0.25) is 0 Å². The molecule has 0 aromatic heterocycles. The number of hydrogen-bond acceptors (Lipinski definition) is 4. The lowest BCUT2D eigenvalue weighted by Gasteiger charge is -1.92. The van der Waals surface area contributed by atoms with E-state index in [9.17, 15) is 4.79 Å². The van der Waals surface area contributed by atoms with Crippen LogP contribution in [0.15, 0.2) is 29.4 Å². The van der Waals surface area contributed by atoms with E-state index in [4.69, 9.17) is 4.74 Å². The van der Waals surface area contributed by atoms with Gasteiger partial charge in [0, 0.05) is 0 Å². The number of para-hydroxylation sites is 1. The minimum absolute atomic E-state index is 0.220. The monoisotopic (exact) mass is 177 g/mol. The molecule has 0 atom stereocenters. The van der Waals surface area contributed by atoms with Crippen molar-refractivity contribution in [3.63, 3.8) is 0 Å². The van der Waals surface area contributed by atoms with Crippen molar-refractivity contribution in [2.45, 2.75) is 0 Å². The Hall–Kier alpha value is -1.84. The number of benzene rings is 1. The number of carbonyl (C=O) groups excluding carboxylic acids is 1. The normalized spacial score (nSPS) is 17.0. The molecule has 4 heteroatoms. The molecule has 4 nitrogen and oxygen atoms in total. The molecule has 2 rings (SSSR count). The van der Waals surface area contributed by atoms with Crippen molar-refractivity contribution in [1.29, 1.82) is 0 Å². The number of nitrogens with zero attached hydrogens (tertiary/aromatic N) is 1. The van der Waals surface area contributed by atoms with Crippen LogP contribution in [0.1, 0.15) is 5.56 Å². The minimum atomic E-state index is -0.469. The molecule has 0 fully saturated rings. The zero-order valence-electron chi connectivity index (χ0n) is 6.98. The largest absolute Gasteiger partial charge is 0.421 e. The predicted molar refractivity (Wildman–Crippen MR) is 45.6 cm³/mol. The molecule has 0 spiro atoms. The first-order valence-electron chi connectivity index (χ1n) is 3.75. The van der Waals surface area contributed by atoms with Crippen LogP contribution in [-0.4, -0.2) is 18.8 Å². The minimum Gasteiger partial charge on any atom is -0.421 e. The van der Waals surface area contributed by atoms with Crippen molar-refractivity contribution in [3.05, 3.63) is 29.8 Å². The summed E-state index contributed by atoms with van der Waals surface area (Å²) in [5.41, 5.74) is 0.896. The number of esters is 1. The maximum absolute atomic E-state index is 11.2. The highest BCUT2D eigenvalue weighted by Gasteiger charge is 2.28. The lowest BCUT2D eigenvalue weighted by atomic mass is 10.1. The van der Waals surface area contributed by atoms with Gasteiger partial charge < -0.3 is 9.57 Å². The first-order chi connectivity index (χ1) is 6.33. The summed E-state index contributed by atoms with van der Waals surface area (Å²) in [6, 6.07) is 7.08. The van der Waals surface area contributed by atoms with Crippen LogP contribution in [0.4, 0.5) is 0 Å². The third-order valence-corrected chi connectivity index (χ3v) is 1.72. The van der Waals surface area contributed by atoms with Gasteiger partial charge in [-0.2, -0.15) is 0 Å². The van der Waals surface area contributed by atoms with Crippen molar-refractivity contribution in [1.82, 2.24) is 0 Å². The van der Waals surface area contributed by atoms with E-state index in [1.54, 1.807) is 18.2 Å². The smallest absolute Gasteiger partial charge is 0.366 e. The summed E-state index contributed by atoms with van der Waals surface area (Å²) in [4.78, 5) is 15.7. The first-order valence-corrected chi connectivity index (χ1v) is 3.75. The van der Waals surface area contributed by atoms with Gasteiger partial charge in [-0.1, -0.05) is 17.3 Å². The van der Waals surface area contributed by atoms with Gasteiger partial charge in [0.05, 0.1) is 5.56 Å². The second-order valence-electron chi connectivity index (χ2n) is 2.51. The van der Waals surface area contributed by atoms with Crippen molar-refractivity contribution < 1.29 is 14.4 Å². The molecule has 1 aliphatic rings. The van der Waals surface area contributed by atoms with Crippen LogP contribution >= 0.6 is 0 Å². The zero-order valence-corrected chi connectivity index (χ0v) is 6.98. The third-order valence-electron chi connectivity index (χ3n) is 1.72.